The minimum absolute atomic E-state index is 0.0148. The molecule has 1 atom stereocenters. The number of hydrogen-bond donors (Lipinski definition) is 2. The van der Waals surface area contributed by atoms with Crippen molar-refractivity contribution >= 4 is 5.91 Å². The van der Waals surface area contributed by atoms with E-state index in [2.05, 4.69) is 10.3 Å². The van der Waals surface area contributed by atoms with E-state index in [0.29, 0.717) is 0 Å². The van der Waals surface area contributed by atoms with Crippen LogP contribution in [0.2, 0.25) is 0 Å². The Kier molecular flexibility index (Phi) is 3.40. The molecule has 0 radical (unpaired) electrons. The number of carbonyl (C=O) groups is 1. The molecule has 70 valence electrons. The maximum absolute atomic E-state index is 10.9. The molecule has 1 amide bonds. The van der Waals surface area contributed by atoms with Gasteiger partial charge in [0.1, 0.15) is 0 Å². The Morgan fingerprint density at radius 1 is 1.62 bits per heavy atom. The van der Waals surface area contributed by atoms with Crippen LogP contribution in [0, 0.1) is 0 Å². The third-order valence-electron chi connectivity index (χ3n) is 1.77. The van der Waals surface area contributed by atoms with Crippen molar-refractivity contribution in [2.24, 2.45) is 5.73 Å². The van der Waals surface area contributed by atoms with Gasteiger partial charge in [0.2, 0.25) is 5.91 Å². The zero-order chi connectivity index (χ0) is 9.68. The molecule has 13 heavy (non-hydrogen) atoms. The molecular formula is C9H13N3O. The van der Waals surface area contributed by atoms with E-state index in [1.165, 1.54) is 0 Å². The summed E-state index contributed by atoms with van der Waals surface area (Å²) in [4.78, 5) is 14.8. The van der Waals surface area contributed by atoms with Crippen LogP contribution in [0.25, 0.3) is 0 Å². The SMILES string of the molecule is CC(NC(=O)CN)c1ccncc1. The summed E-state index contributed by atoms with van der Waals surface area (Å²) in [6.07, 6.45) is 3.39. The molecule has 1 heterocycles. The van der Waals surface area contributed by atoms with E-state index < -0.39 is 0 Å². The molecule has 0 fully saturated rings. The van der Waals surface area contributed by atoms with Crippen LogP contribution in [0.4, 0.5) is 0 Å². The minimum atomic E-state index is -0.149. The van der Waals surface area contributed by atoms with Crippen LogP contribution >= 0.6 is 0 Å². The zero-order valence-corrected chi connectivity index (χ0v) is 7.53. The van der Waals surface area contributed by atoms with Crippen molar-refractivity contribution in [3.05, 3.63) is 30.1 Å². The lowest BCUT2D eigenvalue weighted by atomic mass is 10.1. The Balaban J connectivity index is 2.59. The normalized spacial score (nSPS) is 12.2. The van der Waals surface area contributed by atoms with E-state index in [1.807, 2.05) is 19.1 Å². The topological polar surface area (TPSA) is 68.0 Å². The van der Waals surface area contributed by atoms with Crippen LogP contribution in [0.3, 0.4) is 0 Å². The first-order chi connectivity index (χ1) is 6.24. The molecule has 0 saturated heterocycles. The molecule has 1 rings (SSSR count). The molecule has 0 aliphatic rings. The number of amides is 1. The molecular weight excluding hydrogens is 166 g/mol. The Hall–Kier alpha value is -1.42. The highest BCUT2D eigenvalue weighted by molar-refractivity contribution is 5.78. The first kappa shape index (κ1) is 9.67. The van der Waals surface area contributed by atoms with E-state index in [4.69, 9.17) is 5.73 Å². The highest BCUT2D eigenvalue weighted by Crippen LogP contribution is 2.09. The van der Waals surface area contributed by atoms with Gasteiger partial charge in [0.15, 0.2) is 0 Å². The molecule has 3 N–H and O–H groups in total. The van der Waals surface area contributed by atoms with Gasteiger partial charge in [-0.05, 0) is 24.6 Å². The number of nitrogens with zero attached hydrogens (tertiary/aromatic N) is 1. The largest absolute Gasteiger partial charge is 0.348 e. The first-order valence-electron chi connectivity index (χ1n) is 4.13. The van der Waals surface area contributed by atoms with Gasteiger partial charge in [0.05, 0.1) is 12.6 Å². The zero-order valence-electron chi connectivity index (χ0n) is 7.53. The van der Waals surface area contributed by atoms with Crippen molar-refractivity contribution in [1.82, 2.24) is 10.3 Å². The standard InChI is InChI=1S/C9H13N3O/c1-7(12-9(13)6-10)8-2-4-11-5-3-8/h2-5,7H,6,10H2,1H3,(H,12,13). The molecule has 0 aliphatic carbocycles. The molecule has 0 aliphatic heterocycles. The van der Waals surface area contributed by atoms with Crippen molar-refractivity contribution in [3.8, 4) is 0 Å². The number of nitrogens with one attached hydrogen (secondary N) is 1. The van der Waals surface area contributed by atoms with Crippen LogP contribution in [-0.4, -0.2) is 17.4 Å². The molecule has 0 spiro atoms. The van der Waals surface area contributed by atoms with Crippen molar-refractivity contribution < 1.29 is 4.79 Å². The molecule has 0 saturated carbocycles. The number of rotatable bonds is 3. The lowest BCUT2D eigenvalue weighted by Crippen LogP contribution is -2.32. The van der Waals surface area contributed by atoms with E-state index in [-0.39, 0.29) is 18.5 Å². The van der Waals surface area contributed by atoms with Gasteiger partial charge in [0.25, 0.3) is 0 Å². The number of carbonyl (C=O) groups excluding carboxylic acids is 1. The summed E-state index contributed by atoms with van der Waals surface area (Å²) in [6, 6.07) is 3.71. The van der Waals surface area contributed by atoms with Gasteiger partial charge in [-0.3, -0.25) is 9.78 Å². The third kappa shape index (κ3) is 2.83. The smallest absolute Gasteiger partial charge is 0.234 e. The quantitative estimate of drug-likeness (QED) is 0.697. The van der Waals surface area contributed by atoms with Gasteiger partial charge < -0.3 is 11.1 Å². The molecule has 0 bridgehead atoms. The van der Waals surface area contributed by atoms with Crippen LogP contribution in [0.1, 0.15) is 18.5 Å². The molecule has 1 aromatic rings. The highest BCUT2D eigenvalue weighted by Gasteiger charge is 2.06. The number of hydrogen-bond acceptors (Lipinski definition) is 3. The maximum atomic E-state index is 10.9. The van der Waals surface area contributed by atoms with Crippen molar-refractivity contribution in [2.45, 2.75) is 13.0 Å². The molecule has 4 nitrogen and oxygen atoms in total. The van der Waals surface area contributed by atoms with Gasteiger partial charge in [-0.15, -0.1) is 0 Å². The summed E-state index contributed by atoms with van der Waals surface area (Å²) >= 11 is 0. The average molecular weight is 179 g/mol. The number of pyridine rings is 1. The number of aromatic nitrogens is 1. The predicted octanol–water partition coefficient (Wildman–Crippen LogP) is 0.217. The van der Waals surface area contributed by atoms with Gasteiger partial charge in [-0.1, -0.05) is 0 Å². The van der Waals surface area contributed by atoms with Crippen LogP contribution in [0.15, 0.2) is 24.5 Å². The summed E-state index contributed by atoms with van der Waals surface area (Å²) in [5, 5.41) is 2.75. The summed E-state index contributed by atoms with van der Waals surface area (Å²) in [6.45, 7) is 1.93. The molecule has 1 aromatic heterocycles. The predicted molar refractivity (Wildman–Crippen MR) is 49.8 cm³/mol. The Labute approximate surface area is 77.2 Å². The second kappa shape index (κ2) is 4.57. The highest BCUT2D eigenvalue weighted by atomic mass is 16.1. The molecule has 1 unspecified atom stereocenters. The summed E-state index contributed by atoms with van der Waals surface area (Å²) in [5.74, 6) is -0.149. The first-order valence-corrected chi connectivity index (χ1v) is 4.13. The summed E-state index contributed by atoms with van der Waals surface area (Å²) in [7, 11) is 0. The van der Waals surface area contributed by atoms with E-state index in [9.17, 15) is 4.79 Å². The third-order valence-corrected chi connectivity index (χ3v) is 1.77. The second-order valence-corrected chi connectivity index (χ2v) is 2.77. The fourth-order valence-electron chi connectivity index (χ4n) is 1.04. The molecule has 4 heteroatoms. The fraction of sp³-hybridized carbons (Fsp3) is 0.333. The Morgan fingerprint density at radius 2 is 2.23 bits per heavy atom. The Bertz CT molecular complexity index is 273. The van der Waals surface area contributed by atoms with Gasteiger partial charge in [-0.25, -0.2) is 0 Å². The number of nitrogens with two attached hydrogens (primary N) is 1. The summed E-state index contributed by atoms with van der Waals surface area (Å²) < 4.78 is 0. The minimum Gasteiger partial charge on any atom is -0.348 e. The van der Waals surface area contributed by atoms with Crippen LogP contribution in [0.5, 0.6) is 0 Å². The lowest BCUT2D eigenvalue weighted by molar-refractivity contribution is -0.120. The van der Waals surface area contributed by atoms with Crippen molar-refractivity contribution in [2.75, 3.05) is 6.54 Å². The van der Waals surface area contributed by atoms with Crippen molar-refractivity contribution in [3.63, 3.8) is 0 Å². The van der Waals surface area contributed by atoms with Gasteiger partial charge in [-0.2, -0.15) is 0 Å². The van der Waals surface area contributed by atoms with E-state index >= 15 is 0 Å². The van der Waals surface area contributed by atoms with Gasteiger partial charge >= 0.3 is 0 Å². The molecule has 0 aromatic carbocycles. The average Bonchev–Trinajstić information content (AvgIpc) is 2.19. The lowest BCUT2D eigenvalue weighted by Gasteiger charge is -2.12. The monoisotopic (exact) mass is 179 g/mol. The van der Waals surface area contributed by atoms with E-state index in [0.717, 1.165) is 5.56 Å². The van der Waals surface area contributed by atoms with Crippen molar-refractivity contribution in [1.29, 1.82) is 0 Å². The fourth-order valence-corrected chi connectivity index (χ4v) is 1.04. The second-order valence-electron chi connectivity index (χ2n) is 2.77. The summed E-state index contributed by atoms with van der Waals surface area (Å²) in [5.41, 5.74) is 6.20. The maximum Gasteiger partial charge on any atom is 0.234 e. The Morgan fingerprint density at radius 3 is 2.77 bits per heavy atom. The van der Waals surface area contributed by atoms with Gasteiger partial charge in [0, 0.05) is 12.4 Å². The van der Waals surface area contributed by atoms with Crippen LogP contribution in [-0.2, 0) is 4.79 Å². The van der Waals surface area contributed by atoms with Crippen LogP contribution < -0.4 is 11.1 Å². The van der Waals surface area contributed by atoms with E-state index in [1.54, 1.807) is 12.4 Å².